The van der Waals surface area contributed by atoms with Crippen LogP contribution in [0.15, 0.2) is 49.3 Å². The zero-order valence-corrected chi connectivity index (χ0v) is 39.2. The molecule has 5 aliphatic rings. The molecule has 6 amide bonds. The molecule has 0 aliphatic carbocycles. The fourth-order valence-electron chi connectivity index (χ4n) is 11.8. The van der Waals surface area contributed by atoms with Crippen molar-refractivity contribution in [2.75, 3.05) is 0 Å². The molecule has 64 heavy (non-hydrogen) atoms. The molecule has 0 aromatic carbocycles. The second-order valence-electron chi connectivity index (χ2n) is 19.8. The van der Waals surface area contributed by atoms with Gasteiger partial charge in [-0.2, -0.15) is 5.70 Å². The molecule has 9 atom stereocenters. The second kappa shape index (κ2) is 18.4. The smallest absolute Gasteiger partial charge is 0.303 e. The van der Waals surface area contributed by atoms with E-state index in [0.717, 1.165) is 0 Å². The molecule has 18 nitrogen and oxygen atoms in total. The number of hydrogen-bond donors (Lipinski definition) is 7. The van der Waals surface area contributed by atoms with Gasteiger partial charge in [0.25, 0.3) is 0 Å². The third-order valence-corrected chi connectivity index (χ3v) is 15.4. The van der Waals surface area contributed by atoms with E-state index in [2.05, 4.69) is 0 Å². The normalized spacial score (nSPS) is 35.6. The number of nitrogens with two attached hydrogens (primary N) is 6. The molecule has 5 heterocycles. The van der Waals surface area contributed by atoms with Crippen LogP contribution in [0.5, 0.6) is 0 Å². The molecule has 1 saturated heterocycles. The van der Waals surface area contributed by atoms with Crippen LogP contribution in [0.1, 0.15) is 126 Å². The van der Waals surface area contributed by atoms with Gasteiger partial charge in [-0.15, -0.1) is 0 Å². The van der Waals surface area contributed by atoms with Crippen molar-refractivity contribution in [1.29, 1.82) is 0 Å². The summed E-state index contributed by atoms with van der Waals surface area (Å²) in [6.45, 7) is 15.0. The van der Waals surface area contributed by atoms with Crippen molar-refractivity contribution in [3.8, 4) is 0 Å². The van der Waals surface area contributed by atoms with Gasteiger partial charge in [0, 0.05) is 119 Å². The van der Waals surface area contributed by atoms with Crippen LogP contribution in [-0.2, 0) is 50.3 Å². The quantitative estimate of drug-likeness (QED) is 0.107. The zero-order chi connectivity index (χ0) is 47.4. The topological polar surface area (TPSA) is 347 Å². The number of carboxylic acids is 1. The molecule has 8 bridgehead atoms. The number of carboxylic acid groups (broad SMARTS) is 1. The van der Waals surface area contributed by atoms with Crippen LogP contribution in [0.2, 0.25) is 0 Å². The van der Waals surface area contributed by atoms with Gasteiger partial charge in [0.15, 0.2) is 0 Å². The van der Waals surface area contributed by atoms with Crippen LogP contribution in [0.25, 0.3) is 5.32 Å². The summed E-state index contributed by atoms with van der Waals surface area (Å²) < 4.78 is 0. The number of carbonyl (C=O) groups is 7. The van der Waals surface area contributed by atoms with Crippen molar-refractivity contribution in [2.45, 2.75) is 138 Å². The van der Waals surface area contributed by atoms with Gasteiger partial charge in [-0.1, -0.05) is 40.7 Å². The molecule has 0 spiro atoms. The Kier molecular flexibility index (Phi) is 14.8. The summed E-state index contributed by atoms with van der Waals surface area (Å²) in [5, 5.41) is 15.6. The number of nitrogens with zero attached hydrogens (tertiary/aromatic N) is 4. The van der Waals surface area contributed by atoms with Crippen molar-refractivity contribution in [1.82, 2.24) is 0 Å². The molecule has 1 radical (unpaired) electrons. The first kappa shape index (κ1) is 51.5. The van der Waals surface area contributed by atoms with Gasteiger partial charge >= 0.3 is 5.97 Å². The van der Waals surface area contributed by atoms with Crippen molar-refractivity contribution < 1.29 is 55.4 Å². The summed E-state index contributed by atoms with van der Waals surface area (Å²) in [6, 6.07) is -0.938. The summed E-state index contributed by atoms with van der Waals surface area (Å²) >= 11 is 0. The first-order valence-corrected chi connectivity index (χ1v) is 21.6. The van der Waals surface area contributed by atoms with E-state index in [1.807, 2.05) is 54.5 Å². The van der Waals surface area contributed by atoms with Gasteiger partial charge < -0.3 is 44.8 Å². The minimum absolute atomic E-state index is 0. The zero-order valence-electron chi connectivity index (χ0n) is 38.1. The summed E-state index contributed by atoms with van der Waals surface area (Å²) in [5.74, 6) is -7.22. The number of carbonyl (C=O) groups excluding carboxylic acids is 6. The molecule has 0 aromatic heterocycles. The first-order valence-electron chi connectivity index (χ1n) is 21.6. The average molecular weight is 933 g/mol. The van der Waals surface area contributed by atoms with Crippen LogP contribution < -0.4 is 34.4 Å². The monoisotopic (exact) mass is 932 g/mol. The second-order valence-corrected chi connectivity index (χ2v) is 19.8. The van der Waals surface area contributed by atoms with Crippen LogP contribution in [0, 0.1) is 45.3 Å². The fraction of sp³-hybridized carbons (Fsp3) is 0.644. The van der Waals surface area contributed by atoms with E-state index in [4.69, 9.17) is 54.7 Å². The Hall–Kier alpha value is -5.17. The number of amides is 6. The van der Waals surface area contributed by atoms with Crippen molar-refractivity contribution in [3.05, 3.63) is 39.6 Å². The Morgan fingerprint density at radius 3 is 1.69 bits per heavy atom. The van der Waals surface area contributed by atoms with Crippen LogP contribution in [-0.4, -0.2) is 75.2 Å². The Labute approximate surface area is 384 Å². The molecule has 353 valence electrons. The van der Waals surface area contributed by atoms with Gasteiger partial charge in [-0.05, 0) is 75.0 Å². The summed E-state index contributed by atoms with van der Waals surface area (Å²) in [5.41, 5.74) is 33.9. The standard InChI is InChI=1S/C45H66N10O8.Co/c1-21-36-24(10-13-30(47)57)41(3,4)28(53-36)18-27-23(9-12-29(46)56)43(6,19-33(50)60)39(52-27)22(2)37-25(11-14-31(48)58)44(7,20-34(51)61)45(8,55-37)40-26(17-32(49)59)42(5,38(21)54-40)16-15-35(62)63;/h18,23-26,40H,9-17,19-20H2,1-8H3,(H14,46,47,48,49,50,51,52,53,54,55,56,57,58,59,60,61,62,63);/p-1/t23-,24-,25-,26+,40-,42-,43+,44+,45+;/m1./s1. The third-order valence-electron chi connectivity index (χ3n) is 15.4. The number of rotatable bonds is 18. The Bertz CT molecular complexity index is 2230. The Morgan fingerprint density at radius 2 is 1.19 bits per heavy atom. The number of aliphatic carboxylic acids is 1. The largest absolute Gasteiger partial charge is 0.682 e. The van der Waals surface area contributed by atoms with Gasteiger partial charge in [-0.3, -0.25) is 48.5 Å². The predicted molar refractivity (Wildman–Crippen MR) is 237 cm³/mol. The van der Waals surface area contributed by atoms with Crippen LogP contribution >= 0.6 is 0 Å². The molecule has 5 rings (SSSR count). The molecule has 13 N–H and O–H groups in total. The first-order chi connectivity index (χ1) is 29.0. The number of hydrogen-bond acceptors (Lipinski definition) is 10. The molecule has 19 heteroatoms. The minimum atomic E-state index is -1.41. The molecule has 1 fully saturated rings. The van der Waals surface area contributed by atoms with Gasteiger partial charge in [-0.25, -0.2) is 0 Å². The van der Waals surface area contributed by atoms with E-state index in [9.17, 15) is 38.7 Å². The maximum Gasteiger partial charge on any atom is 0.303 e. The molecule has 0 saturated carbocycles. The van der Waals surface area contributed by atoms with E-state index < -0.39 is 98.3 Å². The van der Waals surface area contributed by atoms with Gasteiger partial charge in [0.1, 0.15) is 0 Å². The van der Waals surface area contributed by atoms with Gasteiger partial charge in [0.05, 0.1) is 11.2 Å². The molecule has 0 aromatic rings. The van der Waals surface area contributed by atoms with Crippen LogP contribution in [0.4, 0.5) is 0 Å². The van der Waals surface area contributed by atoms with Gasteiger partial charge in [0.2, 0.25) is 35.4 Å². The van der Waals surface area contributed by atoms with Crippen LogP contribution in [0.3, 0.4) is 0 Å². The summed E-state index contributed by atoms with van der Waals surface area (Å²) in [6.07, 6.45) is 1.37. The molecule has 0 unspecified atom stereocenters. The predicted octanol–water partition coefficient (Wildman–Crippen LogP) is 3.11. The number of fused-ring (bicyclic) bond motifs is 6. The summed E-state index contributed by atoms with van der Waals surface area (Å²) in [4.78, 5) is 106. The molecular formula is C45H65CoN10O8-. The minimum Gasteiger partial charge on any atom is -0.682 e. The maximum absolute atomic E-state index is 13.4. The number of aliphatic imine (C=N–C) groups is 3. The van der Waals surface area contributed by atoms with E-state index in [0.29, 0.717) is 45.4 Å². The third kappa shape index (κ3) is 9.06. The van der Waals surface area contributed by atoms with Crippen molar-refractivity contribution in [2.24, 2.45) is 94.7 Å². The van der Waals surface area contributed by atoms with E-state index in [-0.39, 0.29) is 87.4 Å². The van der Waals surface area contributed by atoms with E-state index in [1.54, 1.807) is 6.92 Å². The Morgan fingerprint density at radius 1 is 0.656 bits per heavy atom. The van der Waals surface area contributed by atoms with E-state index >= 15 is 0 Å². The molecular weight excluding hydrogens is 867 g/mol. The van der Waals surface area contributed by atoms with E-state index in [1.165, 1.54) is 0 Å². The van der Waals surface area contributed by atoms with Crippen molar-refractivity contribution in [3.63, 3.8) is 0 Å². The van der Waals surface area contributed by atoms with Crippen molar-refractivity contribution >= 4 is 58.5 Å². The maximum atomic E-state index is 13.4. The Balaban J connectivity index is 0.00000898. The average Bonchev–Trinajstić information content (AvgIpc) is 3.75. The fourth-order valence-corrected chi connectivity index (χ4v) is 11.8. The number of allylic oxidation sites excluding steroid dienone is 6. The SMILES string of the molecule is C/C1=C2/[N-][C@H]([C@H](CC(N)=O)[C@@]2(C)CCC(=O)O)[C@]2(C)N=C(/C(C)=C3N=C(/C=C4N=C1[C@@H](CCC(N)=O)C\4(C)C)[C@@H](CCC(N)=O)[C@]\3(C)CC(N)=O)[C@@H](CCC(N)=O)[C@]2(C)CC(N)=O.[Co]. The number of primary amides is 6. The molecule has 5 aliphatic heterocycles. The summed E-state index contributed by atoms with van der Waals surface area (Å²) in [7, 11) is 0.